The number of fused-ring (bicyclic) bond motifs is 6. The normalized spacial score (nSPS) is 17.3. The second kappa shape index (κ2) is 11.8. The number of methoxy groups -OCH3 is 2. The van der Waals surface area contributed by atoms with Crippen LogP contribution in [0, 0.1) is 0 Å². The van der Waals surface area contributed by atoms with Gasteiger partial charge in [0.2, 0.25) is 0 Å². The number of benzene rings is 2. The number of carbonyl (C=O) groups is 2. The van der Waals surface area contributed by atoms with E-state index in [1.54, 1.807) is 19.1 Å². The van der Waals surface area contributed by atoms with Crippen LogP contribution in [0.2, 0.25) is 0 Å². The molecular formula is C30H32N2O8. The lowest BCUT2D eigenvalue weighted by molar-refractivity contribution is 0.0693. The number of hydrogen-bond acceptors (Lipinski definition) is 7. The smallest absolute Gasteiger partial charge is 0.410 e. The molecule has 1 fully saturated rings. The Morgan fingerprint density at radius 1 is 1.05 bits per heavy atom. The predicted octanol–water partition coefficient (Wildman–Crippen LogP) is 4.32. The van der Waals surface area contributed by atoms with E-state index in [2.05, 4.69) is 0 Å². The van der Waals surface area contributed by atoms with E-state index in [0.29, 0.717) is 56.3 Å². The summed E-state index contributed by atoms with van der Waals surface area (Å²) in [6, 6.07) is 14.4. The van der Waals surface area contributed by atoms with Crippen molar-refractivity contribution in [3.8, 4) is 22.8 Å². The van der Waals surface area contributed by atoms with Crippen molar-refractivity contribution >= 4 is 12.1 Å². The molecule has 40 heavy (non-hydrogen) atoms. The summed E-state index contributed by atoms with van der Waals surface area (Å²) in [6.45, 7) is 1.93. The van der Waals surface area contributed by atoms with Gasteiger partial charge in [0, 0.05) is 63.0 Å². The number of amides is 1. The average Bonchev–Trinajstić information content (AvgIpc) is 2.97. The lowest BCUT2D eigenvalue weighted by Crippen LogP contribution is -2.45. The Bertz CT molecular complexity index is 1450. The Balaban J connectivity index is 1.51. The van der Waals surface area contributed by atoms with Gasteiger partial charge < -0.3 is 33.5 Å². The van der Waals surface area contributed by atoms with Crippen LogP contribution in [0.15, 0.2) is 59.5 Å². The highest BCUT2D eigenvalue weighted by atomic mass is 16.6. The molecule has 0 bridgehead atoms. The molecule has 0 aliphatic carbocycles. The Morgan fingerprint density at radius 2 is 1.85 bits per heavy atom. The minimum absolute atomic E-state index is 0.170. The molecule has 1 aromatic heterocycles. The maximum Gasteiger partial charge on any atom is 0.410 e. The topological polar surface area (TPSA) is 117 Å². The van der Waals surface area contributed by atoms with Gasteiger partial charge in [0.15, 0.2) is 16.9 Å². The SMILES string of the molecule is COCCCOc1cc2c(cc1OC)-c1cc(=O)c(C(=O)O)cn1[C@@H]1CCN(C(=O)OCc3ccccc3)C[C@@H]21. The minimum atomic E-state index is -1.28. The zero-order valence-corrected chi connectivity index (χ0v) is 22.5. The van der Waals surface area contributed by atoms with Gasteiger partial charge in [0.05, 0.1) is 19.4 Å². The van der Waals surface area contributed by atoms with E-state index in [-0.39, 0.29) is 24.1 Å². The van der Waals surface area contributed by atoms with Gasteiger partial charge in [-0.05, 0) is 29.7 Å². The molecule has 10 nitrogen and oxygen atoms in total. The number of nitrogens with zero attached hydrogens (tertiary/aromatic N) is 2. The van der Waals surface area contributed by atoms with Gasteiger partial charge in [-0.2, -0.15) is 0 Å². The minimum Gasteiger partial charge on any atom is -0.493 e. The number of hydrogen-bond donors (Lipinski definition) is 1. The first-order valence-corrected chi connectivity index (χ1v) is 13.2. The first-order valence-electron chi connectivity index (χ1n) is 13.2. The number of carbonyl (C=O) groups excluding carboxylic acids is 1. The van der Waals surface area contributed by atoms with E-state index in [1.165, 1.54) is 12.3 Å². The van der Waals surface area contributed by atoms with Crippen LogP contribution in [-0.2, 0) is 16.1 Å². The van der Waals surface area contributed by atoms with Crippen molar-refractivity contribution in [2.75, 3.05) is 40.5 Å². The van der Waals surface area contributed by atoms with Crippen LogP contribution in [0.5, 0.6) is 11.5 Å². The lowest BCUT2D eigenvalue weighted by Gasteiger charge is -2.44. The van der Waals surface area contributed by atoms with Crippen LogP contribution < -0.4 is 14.9 Å². The molecule has 210 valence electrons. The van der Waals surface area contributed by atoms with Crippen LogP contribution in [0.4, 0.5) is 4.79 Å². The van der Waals surface area contributed by atoms with E-state index in [0.717, 1.165) is 16.7 Å². The number of ether oxygens (including phenoxy) is 4. The zero-order chi connectivity index (χ0) is 28.2. The van der Waals surface area contributed by atoms with Gasteiger partial charge in [0.25, 0.3) is 0 Å². The Kier molecular flexibility index (Phi) is 8.06. The quantitative estimate of drug-likeness (QED) is 0.393. The van der Waals surface area contributed by atoms with Crippen LogP contribution in [-0.4, -0.2) is 67.2 Å². The van der Waals surface area contributed by atoms with Crippen molar-refractivity contribution in [3.63, 3.8) is 0 Å². The van der Waals surface area contributed by atoms with E-state index < -0.39 is 17.5 Å². The van der Waals surface area contributed by atoms with Gasteiger partial charge >= 0.3 is 12.1 Å². The molecule has 5 rings (SSSR count). The molecule has 2 aliphatic heterocycles. The van der Waals surface area contributed by atoms with Crippen LogP contribution >= 0.6 is 0 Å². The molecule has 2 aromatic carbocycles. The molecule has 0 spiro atoms. The number of piperidine rings is 1. The average molecular weight is 549 g/mol. The highest BCUT2D eigenvalue weighted by Gasteiger charge is 2.40. The fraction of sp³-hybridized carbons (Fsp3) is 0.367. The number of carboxylic acid groups (broad SMARTS) is 1. The molecule has 2 aliphatic rings. The van der Waals surface area contributed by atoms with E-state index in [1.807, 2.05) is 47.0 Å². The number of aromatic nitrogens is 1. The van der Waals surface area contributed by atoms with Crippen molar-refractivity contribution in [3.05, 3.63) is 81.6 Å². The zero-order valence-electron chi connectivity index (χ0n) is 22.5. The highest BCUT2D eigenvalue weighted by molar-refractivity contribution is 5.88. The van der Waals surface area contributed by atoms with Gasteiger partial charge in [-0.25, -0.2) is 9.59 Å². The van der Waals surface area contributed by atoms with Crippen LogP contribution in [0.25, 0.3) is 11.3 Å². The summed E-state index contributed by atoms with van der Waals surface area (Å²) in [6.07, 6.45) is 2.26. The number of likely N-dealkylation sites (tertiary alicyclic amines) is 1. The number of rotatable bonds is 9. The molecule has 0 radical (unpaired) electrons. The maximum absolute atomic E-state index is 13.1. The molecule has 2 atom stereocenters. The first kappa shape index (κ1) is 27.3. The van der Waals surface area contributed by atoms with E-state index in [9.17, 15) is 19.5 Å². The summed E-state index contributed by atoms with van der Waals surface area (Å²) in [5, 5.41) is 9.64. The third-order valence-corrected chi connectivity index (χ3v) is 7.47. The monoisotopic (exact) mass is 548 g/mol. The molecule has 0 unspecified atom stereocenters. The van der Waals surface area contributed by atoms with Crippen LogP contribution in [0.1, 0.15) is 46.3 Å². The van der Waals surface area contributed by atoms with Crippen molar-refractivity contribution < 1.29 is 33.6 Å². The molecule has 1 amide bonds. The molecule has 1 saturated heterocycles. The maximum atomic E-state index is 13.1. The summed E-state index contributed by atoms with van der Waals surface area (Å²) >= 11 is 0. The summed E-state index contributed by atoms with van der Waals surface area (Å²) in [5.74, 6) is -0.428. The third-order valence-electron chi connectivity index (χ3n) is 7.47. The van der Waals surface area contributed by atoms with Gasteiger partial charge in [0.1, 0.15) is 12.2 Å². The fourth-order valence-corrected chi connectivity index (χ4v) is 5.52. The second-order valence-electron chi connectivity index (χ2n) is 9.88. The van der Waals surface area contributed by atoms with Crippen molar-refractivity contribution in [1.82, 2.24) is 9.47 Å². The largest absolute Gasteiger partial charge is 0.493 e. The second-order valence-corrected chi connectivity index (χ2v) is 9.88. The standard InChI is InChI=1S/C30H32N2O8/c1-37-11-6-12-39-28-13-20-21(14-27(28)38-2)25-15-26(33)23(29(34)35)17-32(25)24-9-10-31(16-22(20)24)30(36)40-18-19-7-4-3-5-8-19/h3-5,7-8,13-15,17,22,24H,6,9-12,16,18H2,1-2H3,(H,34,35)/t22-,24+/m0/s1. The lowest BCUT2D eigenvalue weighted by atomic mass is 9.79. The van der Waals surface area contributed by atoms with E-state index in [4.69, 9.17) is 18.9 Å². The summed E-state index contributed by atoms with van der Waals surface area (Å²) < 4.78 is 24.3. The van der Waals surface area contributed by atoms with E-state index >= 15 is 0 Å². The molecule has 10 heteroatoms. The first-order chi connectivity index (χ1) is 19.4. The Labute approximate surface area is 231 Å². The van der Waals surface area contributed by atoms with Crippen molar-refractivity contribution in [2.45, 2.75) is 31.4 Å². The number of aromatic carboxylic acids is 1. The van der Waals surface area contributed by atoms with Crippen LogP contribution in [0.3, 0.4) is 0 Å². The van der Waals surface area contributed by atoms with Gasteiger partial charge in [-0.1, -0.05) is 30.3 Å². The molecular weight excluding hydrogens is 516 g/mol. The summed E-state index contributed by atoms with van der Waals surface area (Å²) in [7, 11) is 3.18. The summed E-state index contributed by atoms with van der Waals surface area (Å²) in [4.78, 5) is 39.3. The molecule has 3 aromatic rings. The molecule has 3 heterocycles. The molecule has 1 N–H and O–H groups in total. The number of carboxylic acids is 1. The third kappa shape index (κ3) is 5.40. The molecule has 0 saturated carbocycles. The highest BCUT2D eigenvalue weighted by Crippen LogP contribution is 2.49. The Hall–Kier alpha value is -4.31. The van der Waals surface area contributed by atoms with Crippen molar-refractivity contribution in [2.24, 2.45) is 0 Å². The van der Waals surface area contributed by atoms with Gasteiger partial charge in [-0.3, -0.25) is 4.79 Å². The fourth-order valence-electron chi connectivity index (χ4n) is 5.52. The Morgan fingerprint density at radius 3 is 2.58 bits per heavy atom. The number of pyridine rings is 1. The van der Waals surface area contributed by atoms with Crippen molar-refractivity contribution in [1.29, 1.82) is 0 Å². The van der Waals surface area contributed by atoms with Gasteiger partial charge in [-0.15, -0.1) is 0 Å². The summed E-state index contributed by atoms with van der Waals surface area (Å²) in [5.41, 5.74) is 2.28. The predicted molar refractivity (Wildman–Crippen MR) is 146 cm³/mol.